The molecule has 0 unspecified atom stereocenters. The monoisotopic (exact) mass is 347 g/mol. The number of halogens is 2. The molecule has 6 nitrogen and oxygen atoms in total. The number of benzene rings is 1. The zero-order valence-corrected chi connectivity index (χ0v) is 13.9. The molecule has 25 heavy (non-hydrogen) atoms. The van der Waals surface area contributed by atoms with Crippen molar-refractivity contribution in [2.24, 2.45) is 0 Å². The van der Waals surface area contributed by atoms with Crippen LogP contribution in [0.5, 0.6) is 0 Å². The average Bonchev–Trinajstić information content (AvgIpc) is 2.62. The fourth-order valence-corrected chi connectivity index (χ4v) is 2.74. The van der Waals surface area contributed by atoms with Gasteiger partial charge in [0.05, 0.1) is 5.56 Å². The SMILES string of the molecule is CCNc1ccc(N2CCN(C(=O)c3ccc(F)cc3F)CC2)nn1. The summed E-state index contributed by atoms with van der Waals surface area (Å²) >= 11 is 0. The molecule has 1 aliphatic rings. The van der Waals surface area contributed by atoms with Gasteiger partial charge in [0.1, 0.15) is 17.5 Å². The van der Waals surface area contributed by atoms with Crippen LogP contribution in [0.2, 0.25) is 0 Å². The number of amides is 1. The maximum absolute atomic E-state index is 13.8. The summed E-state index contributed by atoms with van der Waals surface area (Å²) in [5, 5.41) is 11.4. The zero-order valence-electron chi connectivity index (χ0n) is 13.9. The predicted octanol–water partition coefficient (Wildman–Crippen LogP) is 2.15. The average molecular weight is 347 g/mol. The second-order valence-electron chi connectivity index (χ2n) is 5.71. The van der Waals surface area contributed by atoms with Gasteiger partial charge in [-0.15, -0.1) is 10.2 Å². The minimum Gasteiger partial charge on any atom is -0.369 e. The van der Waals surface area contributed by atoms with Crippen LogP contribution >= 0.6 is 0 Å². The molecule has 1 amide bonds. The third-order valence-corrected chi connectivity index (χ3v) is 4.06. The summed E-state index contributed by atoms with van der Waals surface area (Å²) in [7, 11) is 0. The lowest BCUT2D eigenvalue weighted by molar-refractivity contribution is 0.0741. The predicted molar refractivity (Wildman–Crippen MR) is 90.7 cm³/mol. The molecule has 1 aliphatic heterocycles. The molecule has 1 N–H and O–H groups in total. The van der Waals surface area contributed by atoms with Crippen LogP contribution in [-0.4, -0.2) is 53.7 Å². The molecule has 2 aromatic rings. The Morgan fingerprint density at radius 3 is 2.48 bits per heavy atom. The first-order valence-electron chi connectivity index (χ1n) is 8.15. The Balaban J connectivity index is 1.62. The van der Waals surface area contributed by atoms with Gasteiger partial charge in [0, 0.05) is 38.8 Å². The van der Waals surface area contributed by atoms with Crippen molar-refractivity contribution in [2.75, 3.05) is 42.9 Å². The first-order chi connectivity index (χ1) is 12.1. The molecular weight excluding hydrogens is 328 g/mol. The van der Waals surface area contributed by atoms with E-state index in [1.165, 1.54) is 6.07 Å². The molecule has 132 valence electrons. The lowest BCUT2D eigenvalue weighted by atomic mass is 10.1. The molecule has 0 saturated carbocycles. The van der Waals surface area contributed by atoms with E-state index in [4.69, 9.17) is 0 Å². The first-order valence-corrected chi connectivity index (χ1v) is 8.15. The highest BCUT2D eigenvalue weighted by atomic mass is 19.1. The summed E-state index contributed by atoms with van der Waals surface area (Å²) in [6.07, 6.45) is 0. The summed E-state index contributed by atoms with van der Waals surface area (Å²) < 4.78 is 26.8. The number of carbonyl (C=O) groups excluding carboxylic acids is 1. The number of nitrogens with one attached hydrogen (secondary N) is 1. The highest BCUT2D eigenvalue weighted by Gasteiger charge is 2.25. The summed E-state index contributed by atoms with van der Waals surface area (Å²) in [6.45, 7) is 4.77. The Labute approximate surface area is 144 Å². The van der Waals surface area contributed by atoms with E-state index in [0.29, 0.717) is 32.0 Å². The quantitative estimate of drug-likeness (QED) is 0.918. The van der Waals surface area contributed by atoms with E-state index in [1.54, 1.807) is 4.90 Å². The summed E-state index contributed by atoms with van der Waals surface area (Å²) in [5.41, 5.74) is -0.107. The number of nitrogens with zero attached hydrogens (tertiary/aromatic N) is 4. The van der Waals surface area contributed by atoms with Crippen LogP contribution in [0.4, 0.5) is 20.4 Å². The van der Waals surface area contributed by atoms with Crippen molar-refractivity contribution < 1.29 is 13.6 Å². The van der Waals surface area contributed by atoms with Crippen molar-refractivity contribution >= 4 is 17.5 Å². The molecule has 0 bridgehead atoms. The number of aromatic nitrogens is 2. The van der Waals surface area contributed by atoms with E-state index in [1.807, 2.05) is 24.0 Å². The molecule has 0 radical (unpaired) electrons. The number of piperazine rings is 1. The highest BCUT2D eigenvalue weighted by molar-refractivity contribution is 5.94. The Kier molecular flexibility index (Phi) is 5.06. The molecule has 1 saturated heterocycles. The van der Waals surface area contributed by atoms with Crippen LogP contribution in [0.1, 0.15) is 17.3 Å². The van der Waals surface area contributed by atoms with E-state index in [0.717, 1.165) is 24.5 Å². The van der Waals surface area contributed by atoms with Gasteiger partial charge in [-0.05, 0) is 31.2 Å². The van der Waals surface area contributed by atoms with Crippen LogP contribution in [-0.2, 0) is 0 Å². The first kappa shape index (κ1) is 17.1. The normalized spacial score (nSPS) is 14.5. The number of anilines is 2. The maximum Gasteiger partial charge on any atom is 0.256 e. The van der Waals surface area contributed by atoms with Crippen LogP contribution in [0, 0.1) is 11.6 Å². The largest absolute Gasteiger partial charge is 0.369 e. The van der Waals surface area contributed by atoms with Crippen molar-refractivity contribution in [1.29, 1.82) is 0 Å². The van der Waals surface area contributed by atoms with E-state index in [2.05, 4.69) is 15.5 Å². The molecule has 0 spiro atoms. The fourth-order valence-electron chi connectivity index (χ4n) is 2.74. The third-order valence-electron chi connectivity index (χ3n) is 4.06. The van der Waals surface area contributed by atoms with E-state index in [9.17, 15) is 13.6 Å². The van der Waals surface area contributed by atoms with Gasteiger partial charge in [-0.1, -0.05) is 0 Å². The molecule has 2 heterocycles. The van der Waals surface area contributed by atoms with E-state index >= 15 is 0 Å². The number of hydrogen-bond acceptors (Lipinski definition) is 5. The van der Waals surface area contributed by atoms with Crippen LogP contribution in [0.3, 0.4) is 0 Å². The molecule has 1 aromatic heterocycles. The second-order valence-corrected chi connectivity index (χ2v) is 5.71. The van der Waals surface area contributed by atoms with E-state index in [-0.39, 0.29) is 5.56 Å². The molecule has 0 atom stereocenters. The summed E-state index contributed by atoms with van der Waals surface area (Å²) in [4.78, 5) is 16.0. The summed E-state index contributed by atoms with van der Waals surface area (Å²) in [6, 6.07) is 6.74. The van der Waals surface area contributed by atoms with Gasteiger partial charge < -0.3 is 15.1 Å². The van der Waals surface area contributed by atoms with Gasteiger partial charge in [0.25, 0.3) is 5.91 Å². The highest BCUT2D eigenvalue weighted by Crippen LogP contribution is 2.17. The van der Waals surface area contributed by atoms with Gasteiger partial charge in [-0.3, -0.25) is 4.79 Å². The molecular formula is C17H19F2N5O. The van der Waals surface area contributed by atoms with Gasteiger partial charge in [-0.2, -0.15) is 0 Å². The second kappa shape index (κ2) is 7.42. The smallest absolute Gasteiger partial charge is 0.256 e. The Bertz CT molecular complexity index is 745. The number of rotatable bonds is 4. The lowest BCUT2D eigenvalue weighted by Crippen LogP contribution is -2.49. The van der Waals surface area contributed by atoms with Crippen LogP contribution in [0.15, 0.2) is 30.3 Å². The van der Waals surface area contributed by atoms with Crippen molar-refractivity contribution in [1.82, 2.24) is 15.1 Å². The van der Waals surface area contributed by atoms with Crippen molar-refractivity contribution in [3.8, 4) is 0 Å². The molecule has 3 rings (SSSR count). The van der Waals surface area contributed by atoms with Crippen molar-refractivity contribution in [3.05, 3.63) is 47.5 Å². The number of carbonyl (C=O) groups is 1. The fraction of sp³-hybridized carbons (Fsp3) is 0.353. The lowest BCUT2D eigenvalue weighted by Gasteiger charge is -2.35. The molecule has 0 aliphatic carbocycles. The van der Waals surface area contributed by atoms with Crippen LogP contribution < -0.4 is 10.2 Å². The third kappa shape index (κ3) is 3.84. The maximum atomic E-state index is 13.8. The standard InChI is InChI=1S/C17H19F2N5O/c1-2-20-15-5-6-16(22-21-15)23-7-9-24(10-8-23)17(25)13-4-3-12(18)11-14(13)19/h3-6,11H,2,7-10H2,1H3,(H,20,21). The minimum absolute atomic E-state index is 0.107. The Morgan fingerprint density at radius 1 is 1.12 bits per heavy atom. The van der Waals surface area contributed by atoms with Gasteiger partial charge in [0.15, 0.2) is 5.82 Å². The molecule has 1 fully saturated rings. The van der Waals surface area contributed by atoms with Gasteiger partial charge in [-0.25, -0.2) is 8.78 Å². The Hall–Kier alpha value is -2.77. The Morgan fingerprint density at radius 2 is 1.88 bits per heavy atom. The van der Waals surface area contributed by atoms with Gasteiger partial charge in [0.2, 0.25) is 0 Å². The van der Waals surface area contributed by atoms with Crippen molar-refractivity contribution in [2.45, 2.75) is 6.92 Å². The van der Waals surface area contributed by atoms with E-state index < -0.39 is 17.5 Å². The number of hydrogen-bond donors (Lipinski definition) is 1. The minimum atomic E-state index is -0.836. The molecule has 1 aromatic carbocycles. The van der Waals surface area contributed by atoms with Crippen molar-refractivity contribution in [3.63, 3.8) is 0 Å². The van der Waals surface area contributed by atoms with Crippen LogP contribution in [0.25, 0.3) is 0 Å². The topological polar surface area (TPSA) is 61.4 Å². The molecule has 8 heteroatoms. The van der Waals surface area contributed by atoms with Gasteiger partial charge >= 0.3 is 0 Å². The zero-order chi connectivity index (χ0) is 17.8. The summed E-state index contributed by atoms with van der Waals surface area (Å²) in [5.74, 6) is -0.505.